The second kappa shape index (κ2) is 10.3. The first-order valence-corrected chi connectivity index (χ1v) is 12.1. The van der Waals surface area contributed by atoms with E-state index >= 15 is 0 Å². The number of unbranched alkanes of at least 4 members (excludes halogenated alkanes) is 1. The number of ether oxygens (including phenoxy) is 1. The van der Waals surface area contributed by atoms with E-state index in [4.69, 9.17) is 13.7 Å². The Labute approximate surface area is 212 Å². The molecule has 0 aliphatic rings. The van der Waals surface area contributed by atoms with E-state index in [0.29, 0.717) is 23.5 Å². The SMILES string of the molecule is CCCCc1nc(O)c(-c2nnc(Cc3noc4ccccc34)o2)c(=O)n1[C@@H](C)c1ccc(OC)cc1. The van der Waals surface area contributed by atoms with Gasteiger partial charge in [0.1, 0.15) is 17.3 Å². The van der Waals surface area contributed by atoms with E-state index in [0.717, 1.165) is 29.5 Å². The van der Waals surface area contributed by atoms with Crippen LogP contribution in [0.15, 0.2) is 62.3 Å². The van der Waals surface area contributed by atoms with Gasteiger partial charge in [-0.2, -0.15) is 4.98 Å². The highest BCUT2D eigenvalue weighted by atomic mass is 16.5. The number of aromatic hydroxyl groups is 1. The van der Waals surface area contributed by atoms with E-state index in [1.165, 1.54) is 0 Å². The first-order valence-electron chi connectivity index (χ1n) is 12.1. The van der Waals surface area contributed by atoms with Gasteiger partial charge < -0.3 is 18.8 Å². The Bertz CT molecular complexity index is 1590. The summed E-state index contributed by atoms with van der Waals surface area (Å²) in [6, 6.07) is 14.6. The lowest BCUT2D eigenvalue weighted by Crippen LogP contribution is -2.30. The molecule has 3 aromatic heterocycles. The minimum absolute atomic E-state index is 0.101. The van der Waals surface area contributed by atoms with Gasteiger partial charge in [0.05, 0.1) is 19.6 Å². The Morgan fingerprint density at radius 1 is 1.11 bits per heavy atom. The maximum absolute atomic E-state index is 13.8. The van der Waals surface area contributed by atoms with Gasteiger partial charge in [-0.3, -0.25) is 9.36 Å². The van der Waals surface area contributed by atoms with Gasteiger partial charge in [0.2, 0.25) is 11.8 Å². The number of aryl methyl sites for hydroxylation is 1. The summed E-state index contributed by atoms with van der Waals surface area (Å²) in [5.41, 5.74) is 1.59. The first-order chi connectivity index (χ1) is 18.0. The molecule has 0 radical (unpaired) electrons. The number of fused-ring (bicyclic) bond motifs is 1. The van der Waals surface area contributed by atoms with Gasteiger partial charge in [-0.05, 0) is 43.2 Å². The number of para-hydroxylation sites is 1. The number of nitrogens with zero attached hydrogens (tertiary/aromatic N) is 5. The third kappa shape index (κ3) is 4.69. The molecule has 1 N–H and O–H groups in total. The Hall–Kier alpha value is -4.47. The summed E-state index contributed by atoms with van der Waals surface area (Å²) < 4.78 is 18.0. The van der Waals surface area contributed by atoms with Crippen LogP contribution in [-0.2, 0) is 12.8 Å². The van der Waals surface area contributed by atoms with E-state index in [9.17, 15) is 9.90 Å². The fraction of sp³-hybridized carbons (Fsp3) is 0.296. The fourth-order valence-corrected chi connectivity index (χ4v) is 4.33. The molecule has 0 saturated carbocycles. The van der Waals surface area contributed by atoms with Crippen LogP contribution in [0.5, 0.6) is 11.6 Å². The van der Waals surface area contributed by atoms with Crippen molar-refractivity contribution in [3.63, 3.8) is 0 Å². The summed E-state index contributed by atoms with van der Waals surface area (Å²) in [6.07, 6.45) is 2.48. The zero-order valence-corrected chi connectivity index (χ0v) is 20.8. The molecular formula is C27H27N5O5. The molecule has 0 saturated heterocycles. The molecule has 0 aliphatic heterocycles. The molecule has 10 nitrogen and oxygen atoms in total. The smallest absolute Gasteiger partial charge is 0.270 e. The van der Waals surface area contributed by atoms with Gasteiger partial charge in [-0.25, -0.2) is 0 Å². The van der Waals surface area contributed by atoms with Crippen molar-refractivity contribution in [2.45, 2.75) is 45.6 Å². The number of aromatic nitrogens is 5. The summed E-state index contributed by atoms with van der Waals surface area (Å²) in [5.74, 6) is 0.909. The Morgan fingerprint density at radius 2 is 1.89 bits per heavy atom. The van der Waals surface area contributed by atoms with Crippen LogP contribution in [0, 0.1) is 0 Å². The maximum atomic E-state index is 13.8. The monoisotopic (exact) mass is 501 g/mol. The normalized spacial score (nSPS) is 12.2. The van der Waals surface area contributed by atoms with Crippen molar-refractivity contribution in [1.82, 2.24) is 24.9 Å². The topological polar surface area (TPSA) is 129 Å². The van der Waals surface area contributed by atoms with Crippen molar-refractivity contribution in [2.75, 3.05) is 7.11 Å². The predicted molar refractivity (Wildman–Crippen MR) is 136 cm³/mol. The van der Waals surface area contributed by atoms with Crippen LogP contribution in [0.1, 0.15) is 55.7 Å². The van der Waals surface area contributed by atoms with E-state index in [2.05, 4.69) is 27.3 Å². The maximum Gasteiger partial charge on any atom is 0.270 e. The van der Waals surface area contributed by atoms with Crippen molar-refractivity contribution < 1.29 is 18.8 Å². The van der Waals surface area contributed by atoms with Crippen LogP contribution in [0.25, 0.3) is 22.4 Å². The average Bonchev–Trinajstić information content (AvgIpc) is 3.54. The molecule has 5 aromatic rings. The molecule has 2 aromatic carbocycles. The molecule has 37 heavy (non-hydrogen) atoms. The summed E-state index contributed by atoms with van der Waals surface area (Å²) in [4.78, 5) is 18.2. The largest absolute Gasteiger partial charge is 0.497 e. The van der Waals surface area contributed by atoms with Crippen molar-refractivity contribution in [1.29, 1.82) is 0 Å². The van der Waals surface area contributed by atoms with Crippen LogP contribution in [0.2, 0.25) is 0 Å². The van der Waals surface area contributed by atoms with Crippen molar-refractivity contribution in [3.05, 3.63) is 81.9 Å². The molecule has 0 aliphatic carbocycles. The number of hydrogen-bond acceptors (Lipinski definition) is 9. The van der Waals surface area contributed by atoms with Crippen LogP contribution < -0.4 is 10.3 Å². The number of benzene rings is 2. The standard InChI is InChI=1S/C27H27N5O5/c1-4-5-10-22-28-25(33)24(27(34)32(22)16(2)17-11-13-18(35-3)14-12-17)26-30-29-23(36-26)15-20-19-8-6-7-9-21(19)37-31-20/h6-9,11-14,16,33H,4-5,10,15H2,1-3H3/t16-/m0/s1. The number of methoxy groups -OCH3 is 1. The number of rotatable bonds is 9. The van der Waals surface area contributed by atoms with Crippen LogP contribution in [-0.4, -0.2) is 37.1 Å². The second-order valence-electron chi connectivity index (χ2n) is 8.76. The summed E-state index contributed by atoms with van der Waals surface area (Å²) >= 11 is 0. The van der Waals surface area contributed by atoms with E-state index in [-0.39, 0.29) is 29.8 Å². The van der Waals surface area contributed by atoms with Gasteiger partial charge in [-0.15, -0.1) is 10.2 Å². The van der Waals surface area contributed by atoms with Crippen molar-refractivity contribution in [2.24, 2.45) is 0 Å². The van der Waals surface area contributed by atoms with Crippen molar-refractivity contribution in [3.8, 4) is 23.1 Å². The fourth-order valence-electron chi connectivity index (χ4n) is 4.33. The molecule has 0 fully saturated rings. The lowest BCUT2D eigenvalue weighted by atomic mass is 10.1. The van der Waals surface area contributed by atoms with E-state index in [1.807, 2.05) is 55.5 Å². The van der Waals surface area contributed by atoms with Crippen LogP contribution in [0.4, 0.5) is 0 Å². The molecule has 10 heteroatoms. The first kappa shape index (κ1) is 24.2. The molecule has 190 valence electrons. The highest BCUT2D eigenvalue weighted by Gasteiger charge is 2.26. The average molecular weight is 502 g/mol. The Morgan fingerprint density at radius 3 is 2.65 bits per heavy atom. The zero-order valence-electron chi connectivity index (χ0n) is 20.8. The van der Waals surface area contributed by atoms with Gasteiger partial charge in [0.15, 0.2) is 11.1 Å². The highest BCUT2D eigenvalue weighted by Crippen LogP contribution is 2.28. The molecule has 5 rings (SSSR count). The Kier molecular flexibility index (Phi) is 6.72. The van der Waals surface area contributed by atoms with E-state index < -0.39 is 11.4 Å². The molecule has 0 amide bonds. The van der Waals surface area contributed by atoms with Gasteiger partial charge in [0, 0.05) is 11.8 Å². The van der Waals surface area contributed by atoms with Crippen LogP contribution >= 0.6 is 0 Å². The Balaban J connectivity index is 1.54. The quantitative estimate of drug-likeness (QED) is 0.306. The third-order valence-corrected chi connectivity index (χ3v) is 6.36. The van der Waals surface area contributed by atoms with E-state index in [1.54, 1.807) is 11.7 Å². The summed E-state index contributed by atoms with van der Waals surface area (Å²) in [5, 5.41) is 23.8. The summed E-state index contributed by atoms with van der Waals surface area (Å²) in [7, 11) is 1.60. The lowest BCUT2D eigenvalue weighted by molar-refractivity contribution is 0.414. The molecule has 1 atom stereocenters. The minimum Gasteiger partial charge on any atom is -0.497 e. The molecular weight excluding hydrogens is 474 g/mol. The van der Waals surface area contributed by atoms with Crippen LogP contribution in [0.3, 0.4) is 0 Å². The van der Waals surface area contributed by atoms with Crippen molar-refractivity contribution >= 4 is 11.0 Å². The lowest BCUT2D eigenvalue weighted by Gasteiger charge is -2.21. The van der Waals surface area contributed by atoms with Gasteiger partial charge in [0.25, 0.3) is 11.4 Å². The molecule has 0 bridgehead atoms. The zero-order chi connectivity index (χ0) is 25.9. The minimum atomic E-state index is -0.455. The summed E-state index contributed by atoms with van der Waals surface area (Å²) in [6.45, 7) is 3.97. The molecule has 0 spiro atoms. The number of hydrogen-bond donors (Lipinski definition) is 1. The van der Waals surface area contributed by atoms with Gasteiger partial charge in [-0.1, -0.05) is 42.8 Å². The molecule has 0 unspecified atom stereocenters. The van der Waals surface area contributed by atoms with Gasteiger partial charge >= 0.3 is 0 Å². The second-order valence-corrected chi connectivity index (χ2v) is 8.76. The molecule has 3 heterocycles. The third-order valence-electron chi connectivity index (χ3n) is 6.36. The highest BCUT2D eigenvalue weighted by molar-refractivity contribution is 5.79. The predicted octanol–water partition coefficient (Wildman–Crippen LogP) is 4.69.